The van der Waals surface area contributed by atoms with Crippen molar-refractivity contribution in [2.45, 2.75) is 76.7 Å². The zero-order valence-corrected chi connectivity index (χ0v) is 14.6. The molecule has 2 nitrogen and oxygen atoms in total. The van der Waals surface area contributed by atoms with E-state index in [4.69, 9.17) is 10.5 Å². The van der Waals surface area contributed by atoms with Gasteiger partial charge in [-0.2, -0.15) is 0 Å². The highest BCUT2D eigenvalue weighted by molar-refractivity contribution is 5.49. The van der Waals surface area contributed by atoms with Crippen LogP contribution in [0, 0.1) is 5.92 Å². The van der Waals surface area contributed by atoms with Crippen LogP contribution in [0.3, 0.4) is 0 Å². The van der Waals surface area contributed by atoms with E-state index in [1.54, 1.807) is 7.11 Å². The van der Waals surface area contributed by atoms with Crippen molar-refractivity contribution in [3.8, 4) is 5.75 Å². The molecular formula is C20H31NO. The van der Waals surface area contributed by atoms with Gasteiger partial charge in [0.1, 0.15) is 5.75 Å². The quantitative estimate of drug-likeness (QED) is 0.870. The molecule has 1 fully saturated rings. The molecular weight excluding hydrogens is 270 g/mol. The Bertz CT molecular complexity index is 551. The molecule has 2 N–H and O–H groups in total. The molecule has 3 atom stereocenters. The number of rotatable bonds is 2. The van der Waals surface area contributed by atoms with Gasteiger partial charge < -0.3 is 10.5 Å². The van der Waals surface area contributed by atoms with Crippen LogP contribution in [0.15, 0.2) is 12.1 Å². The Morgan fingerprint density at radius 2 is 2.00 bits per heavy atom. The van der Waals surface area contributed by atoms with E-state index in [1.807, 2.05) is 0 Å². The molecule has 0 aromatic heterocycles. The number of nitrogens with two attached hydrogens (primary N) is 1. The van der Waals surface area contributed by atoms with Gasteiger partial charge in [-0.25, -0.2) is 0 Å². The third-order valence-corrected chi connectivity index (χ3v) is 6.19. The SMILES string of the molecule is COc1cc2c(cc1C(C)C)CC1CCCCCC2(C)C1N. The molecule has 3 unspecified atom stereocenters. The zero-order valence-electron chi connectivity index (χ0n) is 14.6. The highest BCUT2D eigenvalue weighted by atomic mass is 16.5. The molecule has 0 spiro atoms. The number of ether oxygens (including phenoxy) is 1. The minimum absolute atomic E-state index is 0.113. The fraction of sp³-hybridized carbons (Fsp3) is 0.700. The van der Waals surface area contributed by atoms with Crippen molar-refractivity contribution in [2.24, 2.45) is 11.7 Å². The second-order valence-corrected chi connectivity index (χ2v) is 7.91. The summed E-state index contributed by atoms with van der Waals surface area (Å²) in [6.07, 6.45) is 7.65. The summed E-state index contributed by atoms with van der Waals surface area (Å²) >= 11 is 0. The Hall–Kier alpha value is -1.02. The van der Waals surface area contributed by atoms with E-state index in [0.717, 1.165) is 12.2 Å². The molecule has 0 aliphatic heterocycles. The van der Waals surface area contributed by atoms with Gasteiger partial charge in [0.2, 0.25) is 0 Å². The van der Waals surface area contributed by atoms with Crippen LogP contribution >= 0.6 is 0 Å². The normalized spacial score (nSPS) is 31.4. The predicted octanol–water partition coefficient (Wildman–Crippen LogP) is 4.54. The van der Waals surface area contributed by atoms with Crippen LogP contribution in [-0.2, 0) is 11.8 Å². The molecule has 1 aromatic carbocycles. The summed E-state index contributed by atoms with van der Waals surface area (Å²) in [6.45, 7) is 6.89. The van der Waals surface area contributed by atoms with Crippen molar-refractivity contribution in [2.75, 3.05) is 7.11 Å². The molecule has 2 bridgehead atoms. The second-order valence-electron chi connectivity index (χ2n) is 7.91. The predicted molar refractivity (Wildman–Crippen MR) is 92.7 cm³/mol. The van der Waals surface area contributed by atoms with Crippen LogP contribution < -0.4 is 10.5 Å². The van der Waals surface area contributed by atoms with E-state index in [2.05, 4.69) is 32.9 Å². The molecule has 122 valence electrons. The topological polar surface area (TPSA) is 35.2 Å². The van der Waals surface area contributed by atoms with E-state index < -0.39 is 0 Å². The lowest BCUT2D eigenvalue weighted by Crippen LogP contribution is -2.52. The average molecular weight is 301 g/mol. The Morgan fingerprint density at radius 3 is 2.68 bits per heavy atom. The number of fused-ring (bicyclic) bond motifs is 4. The largest absolute Gasteiger partial charge is 0.496 e. The smallest absolute Gasteiger partial charge is 0.122 e. The summed E-state index contributed by atoms with van der Waals surface area (Å²) in [5, 5.41) is 0. The average Bonchev–Trinajstić information content (AvgIpc) is 2.50. The summed E-state index contributed by atoms with van der Waals surface area (Å²) in [6, 6.07) is 5.01. The molecule has 0 radical (unpaired) electrons. The van der Waals surface area contributed by atoms with Crippen molar-refractivity contribution in [1.82, 2.24) is 0 Å². The molecule has 22 heavy (non-hydrogen) atoms. The maximum Gasteiger partial charge on any atom is 0.122 e. The lowest BCUT2D eigenvalue weighted by molar-refractivity contribution is 0.201. The van der Waals surface area contributed by atoms with Gasteiger partial charge in [-0.3, -0.25) is 0 Å². The molecule has 1 aromatic rings. The highest BCUT2D eigenvalue weighted by Crippen LogP contribution is 2.47. The molecule has 2 aliphatic carbocycles. The van der Waals surface area contributed by atoms with Crippen LogP contribution in [-0.4, -0.2) is 13.2 Å². The first-order chi connectivity index (χ1) is 10.5. The maximum atomic E-state index is 6.75. The van der Waals surface area contributed by atoms with Gasteiger partial charge in [-0.05, 0) is 53.9 Å². The molecule has 2 aliphatic rings. The number of methoxy groups -OCH3 is 1. The van der Waals surface area contributed by atoms with Crippen molar-refractivity contribution >= 4 is 0 Å². The number of benzene rings is 1. The first-order valence-electron chi connectivity index (χ1n) is 8.94. The van der Waals surface area contributed by atoms with Crippen molar-refractivity contribution in [1.29, 1.82) is 0 Å². The van der Waals surface area contributed by atoms with Gasteiger partial charge >= 0.3 is 0 Å². The van der Waals surface area contributed by atoms with Gasteiger partial charge in [0.25, 0.3) is 0 Å². The van der Waals surface area contributed by atoms with Crippen LogP contribution in [0.25, 0.3) is 0 Å². The molecule has 0 saturated heterocycles. The fourth-order valence-corrected chi connectivity index (χ4v) is 4.74. The lowest BCUT2D eigenvalue weighted by Gasteiger charge is -2.47. The number of hydrogen-bond donors (Lipinski definition) is 1. The minimum Gasteiger partial charge on any atom is -0.496 e. The van der Waals surface area contributed by atoms with Gasteiger partial charge in [0.05, 0.1) is 7.11 Å². The first kappa shape index (κ1) is 15.9. The molecule has 2 heteroatoms. The highest BCUT2D eigenvalue weighted by Gasteiger charge is 2.44. The molecule has 1 saturated carbocycles. The van der Waals surface area contributed by atoms with Crippen LogP contribution in [0.4, 0.5) is 0 Å². The fourth-order valence-electron chi connectivity index (χ4n) is 4.74. The van der Waals surface area contributed by atoms with Gasteiger partial charge in [0.15, 0.2) is 0 Å². The summed E-state index contributed by atoms with van der Waals surface area (Å²) in [5.74, 6) is 2.18. The summed E-state index contributed by atoms with van der Waals surface area (Å²) in [5.41, 5.74) is 11.2. The standard InChI is InChI=1S/C20H31NO/c1-13(2)16-11-15-10-14-8-6-5-7-9-20(3,19(14)21)17(15)12-18(16)22-4/h11-14,19H,5-10,21H2,1-4H3. The van der Waals surface area contributed by atoms with E-state index in [-0.39, 0.29) is 11.5 Å². The van der Waals surface area contributed by atoms with E-state index in [9.17, 15) is 0 Å². The van der Waals surface area contributed by atoms with E-state index in [0.29, 0.717) is 11.8 Å². The third kappa shape index (κ3) is 2.46. The van der Waals surface area contributed by atoms with Crippen molar-refractivity contribution < 1.29 is 4.74 Å². The molecule has 0 heterocycles. The van der Waals surface area contributed by atoms with Crippen LogP contribution in [0.5, 0.6) is 5.75 Å². The summed E-state index contributed by atoms with van der Waals surface area (Å²) < 4.78 is 5.71. The molecule has 3 rings (SSSR count). The second kappa shape index (κ2) is 5.88. The Labute approximate surface area is 135 Å². The van der Waals surface area contributed by atoms with Crippen molar-refractivity contribution in [3.63, 3.8) is 0 Å². The van der Waals surface area contributed by atoms with Gasteiger partial charge in [0, 0.05) is 11.5 Å². The van der Waals surface area contributed by atoms with Gasteiger partial charge in [-0.1, -0.05) is 46.1 Å². The van der Waals surface area contributed by atoms with E-state index in [1.165, 1.54) is 48.8 Å². The van der Waals surface area contributed by atoms with Gasteiger partial charge in [-0.15, -0.1) is 0 Å². The van der Waals surface area contributed by atoms with E-state index >= 15 is 0 Å². The maximum absolute atomic E-state index is 6.75. The van der Waals surface area contributed by atoms with Crippen LogP contribution in [0.2, 0.25) is 0 Å². The molecule has 0 amide bonds. The Morgan fingerprint density at radius 1 is 1.23 bits per heavy atom. The monoisotopic (exact) mass is 301 g/mol. The van der Waals surface area contributed by atoms with Crippen LogP contribution in [0.1, 0.15) is 75.5 Å². The lowest BCUT2D eigenvalue weighted by atomic mass is 9.59. The summed E-state index contributed by atoms with van der Waals surface area (Å²) in [7, 11) is 1.79. The first-order valence-corrected chi connectivity index (χ1v) is 8.94. The Balaban J connectivity index is 2.14. The van der Waals surface area contributed by atoms with Crippen molar-refractivity contribution in [3.05, 3.63) is 28.8 Å². The summed E-state index contributed by atoms with van der Waals surface area (Å²) in [4.78, 5) is 0. The Kier molecular flexibility index (Phi) is 4.24. The number of hydrogen-bond acceptors (Lipinski definition) is 2. The zero-order chi connectivity index (χ0) is 15.9. The minimum atomic E-state index is 0.113. The third-order valence-electron chi connectivity index (χ3n) is 6.19.